The minimum absolute atomic E-state index is 0.0536. The Kier molecular flexibility index (Phi) is 4.43. The van der Waals surface area contributed by atoms with Crippen LogP contribution in [0.1, 0.15) is 37.2 Å². The molecule has 0 aromatic carbocycles. The SMILES string of the molecule is CO[C@H]1C(=O)N(C(C)C)[C@H]1C1CCN(C(=O)c2ccco2)CC1. The Morgan fingerprint density at radius 3 is 2.57 bits per heavy atom. The number of amides is 2. The van der Waals surface area contributed by atoms with Crippen molar-refractivity contribution in [3.63, 3.8) is 0 Å². The van der Waals surface area contributed by atoms with Crippen molar-refractivity contribution in [1.82, 2.24) is 9.80 Å². The van der Waals surface area contributed by atoms with Gasteiger partial charge in [0, 0.05) is 26.2 Å². The topological polar surface area (TPSA) is 63.0 Å². The third-order valence-corrected chi connectivity index (χ3v) is 4.98. The largest absolute Gasteiger partial charge is 0.459 e. The van der Waals surface area contributed by atoms with Crippen LogP contribution in [-0.4, -0.2) is 60.0 Å². The second kappa shape index (κ2) is 6.35. The lowest BCUT2D eigenvalue weighted by atomic mass is 9.79. The fourth-order valence-electron chi connectivity index (χ4n) is 3.82. The minimum atomic E-state index is -0.324. The van der Waals surface area contributed by atoms with E-state index >= 15 is 0 Å². The van der Waals surface area contributed by atoms with Gasteiger partial charge in [-0.05, 0) is 44.7 Å². The summed E-state index contributed by atoms with van der Waals surface area (Å²) >= 11 is 0. The first-order valence-corrected chi connectivity index (χ1v) is 8.22. The van der Waals surface area contributed by atoms with Gasteiger partial charge in [-0.25, -0.2) is 0 Å². The maximum Gasteiger partial charge on any atom is 0.289 e. The number of rotatable bonds is 4. The van der Waals surface area contributed by atoms with Crippen LogP contribution in [0.3, 0.4) is 0 Å². The van der Waals surface area contributed by atoms with E-state index in [9.17, 15) is 9.59 Å². The summed E-state index contributed by atoms with van der Waals surface area (Å²) in [6.45, 7) is 5.45. The monoisotopic (exact) mass is 320 g/mol. The summed E-state index contributed by atoms with van der Waals surface area (Å²) < 4.78 is 10.6. The highest BCUT2D eigenvalue weighted by Gasteiger charge is 2.52. The molecule has 6 nitrogen and oxygen atoms in total. The molecular weight excluding hydrogens is 296 g/mol. The first-order valence-electron chi connectivity index (χ1n) is 8.22. The van der Waals surface area contributed by atoms with Crippen molar-refractivity contribution in [2.24, 2.45) is 5.92 Å². The summed E-state index contributed by atoms with van der Waals surface area (Å²) in [6.07, 6.45) is 2.96. The molecule has 2 amide bonds. The number of β-lactam (4-membered cyclic amide) rings is 1. The van der Waals surface area contributed by atoms with Gasteiger partial charge in [-0.1, -0.05) is 0 Å². The van der Waals surface area contributed by atoms with Crippen molar-refractivity contribution in [1.29, 1.82) is 0 Å². The average Bonchev–Trinajstić information content (AvgIpc) is 3.06. The molecule has 0 radical (unpaired) electrons. The predicted octanol–water partition coefficient (Wildman–Crippen LogP) is 1.77. The second-order valence-corrected chi connectivity index (χ2v) is 6.59. The van der Waals surface area contributed by atoms with Crippen LogP contribution in [0.15, 0.2) is 22.8 Å². The van der Waals surface area contributed by atoms with E-state index in [4.69, 9.17) is 9.15 Å². The van der Waals surface area contributed by atoms with Gasteiger partial charge in [0.05, 0.1) is 12.3 Å². The first-order chi connectivity index (χ1) is 11.0. The summed E-state index contributed by atoms with van der Waals surface area (Å²) in [7, 11) is 1.60. The Morgan fingerprint density at radius 2 is 2.04 bits per heavy atom. The fourth-order valence-corrected chi connectivity index (χ4v) is 3.82. The Morgan fingerprint density at radius 1 is 1.35 bits per heavy atom. The normalized spacial score (nSPS) is 25.8. The molecule has 23 heavy (non-hydrogen) atoms. The quantitative estimate of drug-likeness (QED) is 0.793. The van der Waals surface area contributed by atoms with Gasteiger partial charge < -0.3 is 19.0 Å². The molecule has 2 aliphatic rings. The third-order valence-electron chi connectivity index (χ3n) is 4.98. The molecule has 2 fully saturated rings. The van der Waals surface area contributed by atoms with Crippen LogP contribution in [0.5, 0.6) is 0 Å². The van der Waals surface area contributed by atoms with Crippen LogP contribution in [0, 0.1) is 5.92 Å². The molecule has 126 valence electrons. The highest BCUT2D eigenvalue weighted by molar-refractivity contribution is 5.91. The smallest absolute Gasteiger partial charge is 0.289 e. The summed E-state index contributed by atoms with van der Waals surface area (Å²) in [5.41, 5.74) is 0. The zero-order valence-electron chi connectivity index (χ0n) is 13.9. The van der Waals surface area contributed by atoms with Crippen LogP contribution >= 0.6 is 0 Å². The molecule has 1 aromatic heterocycles. The zero-order valence-corrected chi connectivity index (χ0v) is 13.9. The molecule has 3 rings (SSSR count). The van der Waals surface area contributed by atoms with Crippen LogP contribution < -0.4 is 0 Å². The maximum absolute atomic E-state index is 12.3. The van der Waals surface area contributed by atoms with Gasteiger partial charge in [-0.2, -0.15) is 0 Å². The second-order valence-electron chi connectivity index (χ2n) is 6.59. The highest BCUT2D eigenvalue weighted by atomic mass is 16.5. The average molecular weight is 320 g/mol. The van der Waals surface area contributed by atoms with Gasteiger partial charge in [-0.15, -0.1) is 0 Å². The van der Waals surface area contributed by atoms with Gasteiger partial charge in [0.2, 0.25) is 0 Å². The van der Waals surface area contributed by atoms with E-state index in [-0.39, 0.29) is 30.0 Å². The van der Waals surface area contributed by atoms with Crippen molar-refractivity contribution in [3.8, 4) is 0 Å². The van der Waals surface area contributed by atoms with Crippen LogP contribution in [-0.2, 0) is 9.53 Å². The van der Waals surface area contributed by atoms with Crippen molar-refractivity contribution in [2.45, 2.75) is 44.9 Å². The highest BCUT2D eigenvalue weighted by Crippen LogP contribution is 2.36. The Hall–Kier alpha value is -1.82. The summed E-state index contributed by atoms with van der Waals surface area (Å²) in [4.78, 5) is 28.2. The summed E-state index contributed by atoms with van der Waals surface area (Å²) in [6, 6.07) is 3.74. The van der Waals surface area contributed by atoms with E-state index in [1.54, 1.807) is 19.2 Å². The number of methoxy groups -OCH3 is 1. The molecular formula is C17H24N2O4. The maximum atomic E-state index is 12.3. The van der Waals surface area contributed by atoms with E-state index in [0.29, 0.717) is 24.8 Å². The van der Waals surface area contributed by atoms with Gasteiger partial charge in [0.1, 0.15) is 0 Å². The van der Waals surface area contributed by atoms with Gasteiger partial charge in [0.25, 0.3) is 11.8 Å². The molecule has 2 atom stereocenters. The molecule has 0 aliphatic carbocycles. The molecule has 0 unspecified atom stereocenters. The molecule has 2 saturated heterocycles. The van der Waals surface area contributed by atoms with Gasteiger partial charge >= 0.3 is 0 Å². The van der Waals surface area contributed by atoms with Crippen LogP contribution in [0.2, 0.25) is 0 Å². The molecule has 2 aliphatic heterocycles. The van der Waals surface area contributed by atoms with Crippen molar-refractivity contribution < 1.29 is 18.7 Å². The van der Waals surface area contributed by atoms with Crippen LogP contribution in [0.25, 0.3) is 0 Å². The third kappa shape index (κ3) is 2.76. The molecule has 6 heteroatoms. The van der Waals surface area contributed by atoms with Crippen molar-refractivity contribution >= 4 is 11.8 Å². The first kappa shape index (κ1) is 16.1. The van der Waals surface area contributed by atoms with E-state index < -0.39 is 0 Å². The lowest BCUT2D eigenvalue weighted by Crippen LogP contribution is -2.70. The van der Waals surface area contributed by atoms with Crippen molar-refractivity contribution in [3.05, 3.63) is 24.2 Å². The molecule has 1 aromatic rings. The standard InChI is InChI=1S/C17H24N2O4/c1-11(2)19-14(15(22-3)17(19)21)12-6-8-18(9-7-12)16(20)13-5-4-10-23-13/h4-5,10-12,14-15H,6-9H2,1-3H3/t14-,15+/m0/s1. The number of furan rings is 1. The number of carbonyl (C=O) groups excluding carboxylic acids is 2. The summed E-state index contributed by atoms with van der Waals surface area (Å²) in [5, 5.41) is 0. The summed E-state index contributed by atoms with van der Waals surface area (Å²) in [5.74, 6) is 0.797. The predicted molar refractivity (Wildman–Crippen MR) is 83.9 cm³/mol. The molecule has 0 spiro atoms. The fraction of sp³-hybridized carbons (Fsp3) is 0.647. The molecule has 0 bridgehead atoms. The molecule has 3 heterocycles. The molecule has 0 N–H and O–H groups in total. The number of nitrogens with zero attached hydrogens (tertiary/aromatic N) is 2. The van der Waals surface area contributed by atoms with E-state index in [2.05, 4.69) is 0 Å². The van der Waals surface area contributed by atoms with E-state index in [1.165, 1.54) is 6.26 Å². The zero-order chi connectivity index (χ0) is 16.6. The molecule has 0 saturated carbocycles. The van der Waals surface area contributed by atoms with Gasteiger partial charge in [-0.3, -0.25) is 9.59 Å². The minimum Gasteiger partial charge on any atom is -0.459 e. The number of ether oxygens (including phenoxy) is 1. The lowest BCUT2D eigenvalue weighted by Gasteiger charge is -2.53. The number of hydrogen-bond donors (Lipinski definition) is 0. The van der Waals surface area contributed by atoms with Gasteiger partial charge in [0.15, 0.2) is 11.9 Å². The Balaban J connectivity index is 1.62. The van der Waals surface area contributed by atoms with Crippen molar-refractivity contribution in [2.75, 3.05) is 20.2 Å². The van der Waals surface area contributed by atoms with E-state index in [1.807, 2.05) is 23.6 Å². The Bertz CT molecular complexity index is 561. The number of hydrogen-bond acceptors (Lipinski definition) is 4. The number of likely N-dealkylation sites (tertiary alicyclic amines) is 2. The van der Waals surface area contributed by atoms with Crippen LogP contribution in [0.4, 0.5) is 0 Å². The number of carbonyl (C=O) groups is 2. The number of piperidine rings is 1. The van der Waals surface area contributed by atoms with E-state index in [0.717, 1.165) is 12.8 Å². The lowest BCUT2D eigenvalue weighted by molar-refractivity contribution is -0.181. The Labute approximate surface area is 136 Å².